The van der Waals surface area contributed by atoms with Crippen molar-refractivity contribution in [2.75, 3.05) is 20.2 Å². The largest absolute Gasteiger partial charge is 0.381 e. The minimum atomic E-state index is 0. The lowest BCUT2D eigenvalue weighted by Crippen LogP contribution is -2.51. The molecule has 1 aromatic carbocycles. The number of nitrogens with two attached hydrogens (primary N) is 1. The summed E-state index contributed by atoms with van der Waals surface area (Å²) in [7, 11) is 1.72. The van der Waals surface area contributed by atoms with Gasteiger partial charge >= 0.3 is 0 Å². The Bertz CT molecular complexity index is 400. The highest BCUT2D eigenvalue weighted by Crippen LogP contribution is 2.21. The molecule has 0 spiro atoms. The minimum Gasteiger partial charge on any atom is -0.381 e. The molecule has 5 heteroatoms. The number of hydrogen-bond donors (Lipinski definition) is 1. The predicted octanol–water partition coefficient (Wildman–Crippen LogP) is 1.69. The van der Waals surface area contributed by atoms with Gasteiger partial charge in [-0.25, -0.2) is 0 Å². The summed E-state index contributed by atoms with van der Waals surface area (Å²) in [4.78, 5) is 14.3. The number of methoxy groups -OCH3 is 1. The Morgan fingerprint density at radius 1 is 1.42 bits per heavy atom. The van der Waals surface area contributed by atoms with Gasteiger partial charge in [-0.05, 0) is 25.0 Å². The van der Waals surface area contributed by atoms with Crippen molar-refractivity contribution in [3.8, 4) is 0 Å². The van der Waals surface area contributed by atoms with Crippen LogP contribution in [-0.4, -0.2) is 43.2 Å². The fourth-order valence-corrected chi connectivity index (χ4v) is 2.47. The molecule has 1 aromatic rings. The van der Waals surface area contributed by atoms with Gasteiger partial charge in [-0.1, -0.05) is 18.2 Å². The molecule has 0 radical (unpaired) electrons. The summed E-state index contributed by atoms with van der Waals surface area (Å²) < 4.78 is 5.36. The van der Waals surface area contributed by atoms with Crippen LogP contribution in [-0.2, 0) is 4.74 Å². The maximum absolute atomic E-state index is 12.4. The van der Waals surface area contributed by atoms with E-state index >= 15 is 0 Å². The summed E-state index contributed by atoms with van der Waals surface area (Å²) in [6.07, 6.45) is 1.93. The first-order valence-electron chi connectivity index (χ1n) is 6.35. The van der Waals surface area contributed by atoms with Crippen LogP contribution in [0.25, 0.3) is 0 Å². The molecular formula is C14H21ClN2O2. The average Bonchev–Trinajstić information content (AvgIpc) is 2.46. The van der Waals surface area contributed by atoms with Crippen molar-refractivity contribution in [3.63, 3.8) is 0 Å². The maximum Gasteiger partial charge on any atom is 0.254 e. The zero-order valence-electron chi connectivity index (χ0n) is 11.1. The van der Waals surface area contributed by atoms with Gasteiger partial charge in [0.2, 0.25) is 0 Å². The minimum absolute atomic E-state index is 0. The summed E-state index contributed by atoms with van der Waals surface area (Å²) in [6, 6.07) is 9.45. The van der Waals surface area contributed by atoms with Crippen molar-refractivity contribution < 1.29 is 9.53 Å². The third kappa shape index (κ3) is 3.69. The van der Waals surface area contributed by atoms with E-state index in [4.69, 9.17) is 10.5 Å². The van der Waals surface area contributed by atoms with E-state index in [1.54, 1.807) is 7.11 Å². The van der Waals surface area contributed by atoms with Gasteiger partial charge in [-0.2, -0.15) is 0 Å². The monoisotopic (exact) mass is 284 g/mol. The molecule has 0 saturated carbocycles. The molecule has 2 unspecified atom stereocenters. The lowest BCUT2D eigenvalue weighted by molar-refractivity contribution is 0.0139. The quantitative estimate of drug-likeness (QED) is 0.919. The Balaban J connectivity index is 0.00000180. The van der Waals surface area contributed by atoms with E-state index in [2.05, 4.69) is 0 Å². The molecule has 0 aliphatic carbocycles. The van der Waals surface area contributed by atoms with E-state index < -0.39 is 0 Å². The van der Waals surface area contributed by atoms with Crippen molar-refractivity contribution in [1.82, 2.24) is 4.90 Å². The molecular weight excluding hydrogens is 264 g/mol. The van der Waals surface area contributed by atoms with E-state index in [1.165, 1.54) is 0 Å². The van der Waals surface area contributed by atoms with Crippen molar-refractivity contribution in [2.45, 2.75) is 25.0 Å². The number of halogens is 1. The van der Waals surface area contributed by atoms with Gasteiger partial charge in [0.15, 0.2) is 0 Å². The van der Waals surface area contributed by atoms with Crippen LogP contribution in [0.1, 0.15) is 23.2 Å². The number of nitrogens with zero attached hydrogens (tertiary/aromatic N) is 1. The highest BCUT2D eigenvalue weighted by atomic mass is 35.5. The smallest absolute Gasteiger partial charge is 0.254 e. The number of likely N-dealkylation sites (tertiary alicyclic amines) is 1. The molecule has 19 heavy (non-hydrogen) atoms. The fourth-order valence-electron chi connectivity index (χ4n) is 2.47. The SMILES string of the molecule is COC1CCN(C(=O)c2ccccc2)C(CN)C1.Cl. The Kier molecular flexibility index (Phi) is 6.28. The number of hydrogen-bond acceptors (Lipinski definition) is 3. The molecule has 2 rings (SSSR count). The first-order valence-corrected chi connectivity index (χ1v) is 6.35. The van der Waals surface area contributed by atoms with Crippen LogP contribution < -0.4 is 5.73 Å². The summed E-state index contributed by atoms with van der Waals surface area (Å²) in [6.45, 7) is 1.20. The van der Waals surface area contributed by atoms with Crippen molar-refractivity contribution >= 4 is 18.3 Å². The normalized spacial score (nSPS) is 22.7. The summed E-state index contributed by atoms with van der Waals surface area (Å²) >= 11 is 0. The number of carbonyl (C=O) groups excluding carboxylic acids is 1. The van der Waals surface area contributed by atoms with Crippen LogP contribution in [0.3, 0.4) is 0 Å². The lowest BCUT2D eigenvalue weighted by atomic mass is 9.98. The standard InChI is InChI=1S/C14H20N2O2.ClH/c1-18-13-7-8-16(12(9-13)10-15)14(17)11-5-3-2-4-6-11;/h2-6,12-13H,7-10,15H2,1H3;1H. The second-order valence-electron chi connectivity index (χ2n) is 4.64. The summed E-state index contributed by atoms with van der Waals surface area (Å²) in [5.74, 6) is 0.0700. The third-order valence-electron chi connectivity index (χ3n) is 3.55. The predicted molar refractivity (Wildman–Crippen MR) is 77.6 cm³/mol. The fraction of sp³-hybridized carbons (Fsp3) is 0.500. The lowest BCUT2D eigenvalue weighted by Gasteiger charge is -2.38. The summed E-state index contributed by atoms with van der Waals surface area (Å²) in [5, 5.41) is 0. The first kappa shape index (κ1) is 16.0. The maximum atomic E-state index is 12.4. The molecule has 1 saturated heterocycles. The molecule has 2 N–H and O–H groups in total. The van der Waals surface area contributed by atoms with Crippen molar-refractivity contribution in [2.24, 2.45) is 5.73 Å². The van der Waals surface area contributed by atoms with Crippen molar-refractivity contribution in [3.05, 3.63) is 35.9 Å². The van der Waals surface area contributed by atoms with Gasteiger partial charge in [0.05, 0.1) is 6.10 Å². The van der Waals surface area contributed by atoms with Gasteiger partial charge in [-0.3, -0.25) is 4.79 Å². The van der Waals surface area contributed by atoms with Crippen LogP contribution in [0, 0.1) is 0 Å². The van der Waals surface area contributed by atoms with E-state index in [0.717, 1.165) is 18.4 Å². The average molecular weight is 285 g/mol. The first-order chi connectivity index (χ1) is 8.76. The van der Waals surface area contributed by atoms with Gasteiger partial charge in [-0.15, -0.1) is 12.4 Å². The van der Waals surface area contributed by atoms with Gasteiger partial charge in [0.1, 0.15) is 0 Å². The van der Waals surface area contributed by atoms with E-state index in [9.17, 15) is 4.79 Å². The van der Waals surface area contributed by atoms with Gasteiger partial charge in [0.25, 0.3) is 5.91 Å². The molecule has 1 heterocycles. The topological polar surface area (TPSA) is 55.6 Å². The van der Waals surface area contributed by atoms with Crippen LogP contribution in [0.2, 0.25) is 0 Å². The number of rotatable bonds is 3. The Morgan fingerprint density at radius 2 is 2.11 bits per heavy atom. The molecule has 1 aliphatic rings. The molecule has 1 amide bonds. The van der Waals surface area contributed by atoms with E-state index in [1.807, 2.05) is 35.2 Å². The highest BCUT2D eigenvalue weighted by molar-refractivity contribution is 5.94. The third-order valence-corrected chi connectivity index (χ3v) is 3.55. The van der Waals surface area contributed by atoms with Crippen LogP contribution in [0.4, 0.5) is 0 Å². The molecule has 1 fully saturated rings. The number of carbonyl (C=O) groups is 1. The molecule has 0 aromatic heterocycles. The molecule has 106 valence electrons. The molecule has 4 nitrogen and oxygen atoms in total. The van der Waals surface area contributed by atoms with E-state index in [-0.39, 0.29) is 30.5 Å². The number of amides is 1. The number of benzene rings is 1. The highest BCUT2D eigenvalue weighted by Gasteiger charge is 2.31. The zero-order chi connectivity index (χ0) is 13.0. The van der Waals surface area contributed by atoms with Crippen LogP contribution in [0.15, 0.2) is 30.3 Å². The molecule has 1 aliphatic heterocycles. The number of piperidine rings is 1. The summed E-state index contributed by atoms with van der Waals surface area (Å²) in [5.41, 5.74) is 6.51. The second kappa shape index (κ2) is 7.48. The van der Waals surface area contributed by atoms with Gasteiger partial charge in [0, 0.05) is 31.8 Å². The second-order valence-corrected chi connectivity index (χ2v) is 4.64. The molecule has 2 atom stereocenters. The van der Waals surface area contributed by atoms with Crippen LogP contribution >= 0.6 is 12.4 Å². The molecule has 0 bridgehead atoms. The number of ether oxygens (including phenoxy) is 1. The Hall–Kier alpha value is -1.10. The van der Waals surface area contributed by atoms with Crippen molar-refractivity contribution in [1.29, 1.82) is 0 Å². The Labute approximate surface area is 120 Å². The van der Waals surface area contributed by atoms with Crippen LogP contribution in [0.5, 0.6) is 0 Å². The van der Waals surface area contributed by atoms with E-state index in [0.29, 0.717) is 13.1 Å². The Morgan fingerprint density at radius 3 is 2.68 bits per heavy atom. The zero-order valence-corrected chi connectivity index (χ0v) is 11.9. The van der Waals surface area contributed by atoms with Gasteiger partial charge < -0.3 is 15.4 Å².